The molecule has 1 aliphatic rings. The van der Waals surface area contributed by atoms with Gasteiger partial charge in [0.1, 0.15) is 0 Å². The zero-order valence-corrected chi connectivity index (χ0v) is 16.0. The van der Waals surface area contributed by atoms with Gasteiger partial charge in [-0.2, -0.15) is 13.2 Å². The van der Waals surface area contributed by atoms with Gasteiger partial charge < -0.3 is 15.0 Å². The highest BCUT2D eigenvalue weighted by Crippen LogP contribution is 2.37. The van der Waals surface area contributed by atoms with Crippen molar-refractivity contribution in [2.45, 2.75) is 24.6 Å². The van der Waals surface area contributed by atoms with E-state index in [2.05, 4.69) is 4.98 Å². The number of nitrogens with one attached hydrogen (secondary N) is 1. The summed E-state index contributed by atoms with van der Waals surface area (Å²) in [5.41, 5.74) is -0.716. The van der Waals surface area contributed by atoms with Crippen LogP contribution in [0.4, 0.5) is 13.2 Å². The predicted molar refractivity (Wildman–Crippen MR) is 104 cm³/mol. The van der Waals surface area contributed by atoms with Gasteiger partial charge in [-0.1, -0.05) is 29.8 Å². The van der Waals surface area contributed by atoms with Gasteiger partial charge >= 0.3 is 6.18 Å². The third-order valence-electron chi connectivity index (χ3n) is 5.48. The van der Waals surface area contributed by atoms with Crippen LogP contribution >= 0.6 is 11.6 Å². The van der Waals surface area contributed by atoms with Crippen LogP contribution in [0.2, 0.25) is 5.02 Å². The normalized spacial score (nSPS) is 16.9. The summed E-state index contributed by atoms with van der Waals surface area (Å²) in [5.74, 6) is -0.190. The van der Waals surface area contributed by atoms with Gasteiger partial charge in [-0.05, 0) is 42.7 Å². The molecule has 2 N–H and O–H groups in total. The summed E-state index contributed by atoms with van der Waals surface area (Å²) in [6, 6.07) is 9.97. The van der Waals surface area contributed by atoms with E-state index in [1.54, 1.807) is 29.3 Å². The molecule has 1 amide bonds. The molecule has 0 radical (unpaired) electrons. The molecule has 29 heavy (non-hydrogen) atoms. The van der Waals surface area contributed by atoms with Crippen LogP contribution < -0.4 is 0 Å². The molecule has 1 saturated heterocycles. The highest BCUT2D eigenvalue weighted by molar-refractivity contribution is 6.31. The van der Waals surface area contributed by atoms with Crippen molar-refractivity contribution in [2.75, 3.05) is 13.1 Å². The van der Waals surface area contributed by atoms with Crippen LogP contribution in [-0.4, -0.2) is 34.0 Å². The quantitative estimate of drug-likeness (QED) is 0.613. The molecule has 1 aliphatic heterocycles. The summed E-state index contributed by atoms with van der Waals surface area (Å²) in [7, 11) is 0. The molecule has 3 aromatic rings. The Morgan fingerprint density at radius 2 is 1.86 bits per heavy atom. The number of fused-ring (bicyclic) bond motifs is 1. The van der Waals surface area contributed by atoms with E-state index in [9.17, 15) is 23.1 Å². The predicted octanol–water partition coefficient (Wildman–Crippen LogP) is 4.96. The number of aliphatic hydroxyl groups is 1. The fraction of sp³-hybridized carbons (Fsp3) is 0.286. The molecule has 1 fully saturated rings. The Labute approximate surface area is 169 Å². The van der Waals surface area contributed by atoms with Crippen molar-refractivity contribution in [3.05, 3.63) is 70.4 Å². The zero-order chi connectivity index (χ0) is 20.8. The SMILES string of the molecule is O=C(c1c[nH]c2cc(Cl)ccc12)N1CCC(O)(c2cccc(C(F)(F)F)c2)CC1. The van der Waals surface area contributed by atoms with Crippen molar-refractivity contribution in [1.29, 1.82) is 0 Å². The topological polar surface area (TPSA) is 56.3 Å². The summed E-state index contributed by atoms with van der Waals surface area (Å²) in [6.07, 6.45) is -2.53. The summed E-state index contributed by atoms with van der Waals surface area (Å²) < 4.78 is 39.0. The van der Waals surface area contributed by atoms with E-state index in [4.69, 9.17) is 11.6 Å². The number of amides is 1. The molecule has 0 spiro atoms. The highest BCUT2D eigenvalue weighted by Gasteiger charge is 2.38. The molecule has 1 aromatic heterocycles. The summed E-state index contributed by atoms with van der Waals surface area (Å²) in [5, 5.41) is 12.2. The number of benzene rings is 2. The first kappa shape index (κ1) is 19.8. The maximum absolute atomic E-state index is 13.0. The monoisotopic (exact) mass is 422 g/mol. The number of carbonyl (C=O) groups excluding carboxylic acids is 1. The molecule has 0 atom stereocenters. The minimum atomic E-state index is -4.47. The highest BCUT2D eigenvalue weighted by atomic mass is 35.5. The van der Waals surface area contributed by atoms with Crippen LogP contribution in [-0.2, 0) is 11.8 Å². The van der Waals surface area contributed by atoms with E-state index in [-0.39, 0.29) is 37.4 Å². The fourth-order valence-corrected chi connectivity index (χ4v) is 3.97. The van der Waals surface area contributed by atoms with Crippen LogP contribution in [0.3, 0.4) is 0 Å². The molecule has 2 aromatic carbocycles. The molecule has 0 aliphatic carbocycles. The molecular weight excluding hydrogens is 405 g/mol. The molecule has 0 saturated carbocycles. The molecule has 2 heterocycles. The van der Waals surface area contributed by atoms with E-state index in [1.165, 1.54) is 12.1 Å². The third-order valence-corrected chi connectivity index (χ3v) is 5.71. The summed E-state index contributed by atoms with van der Waals surface area (Å²) in [6.45, 7) is 0.484. The smallest absolute Gasteiger partial charge is 0.385 e. The number of likely N-dealkylation sites (tertiary alicyclic amines) is 1. The average molecular weight is 423 g/mol. The van der Waals surface area contributed by atoms with Crippen molar-refractivity contribution in [3.63, 3.8) is 0 Å². The van der Waals surface area contributed by atoms with Crippen LogP contribution in [0.25, 0.3) is 10.9 Å². The Balaban J connectivity index is 1.52. The number of halogens is 4. The third kappa shape index (κ3) is 3.72. The number of aromatic nitrogens is 1. The van der Waals surface area contributed by atoms with Gasteiger partial charge in [0.05, 0.1) is 16.7 Å². The van der Waals surface area contributed by atoms with Crippen LogP contribution in [0, 0.1) is 0 Å². The van der Waals surface area contributed by atoms with Gasteiger partial charge in [0, 0.05) is 35.2 Å². The maximum atomic E-state index is 13.0. The number of aromatic amines is 1. The van der Waals surface area contributed by atoms with Crippen LogP contribution in [0.5, 0.6) is 0 Å². The van der Waals surface area contributed by atoms with Gasteiger partial charge in [-0.3, -0.25) is 4.79 Å². The lowest BCUT2D eigenvalue weighted by molar-refractivity contribution is -0.137. The Hall–Kier alpha value is -2.51. The lowest BCUT2D eigenvalue weighted by Crippen LogP contribution is -2.45. The van der Waals surface area contributed by atoms with Gasteiger partial charge in [0.2, 0.25) is 0 Å². The number of hydrogen-bond acceptors (Lipinski definition) is 2. The van der Waals surface area contributed by atoms with Crippen LogP contribution in [0.1, 0.15) is 34.3 Å². The fourth-order valence-electron chi connectivity index (χ4n) is 3.80. The second-order valence-corrected chi connectivity index (χ2v) is 7.73. The molecular formula is C21H18ClF3N2O2. The lowest BCUT2D eigenvalue weighted by atomic mass is 9.83. The first-order valence-electron chi connectivity index (χ1n) is 9.13. The Morgan fingerprint density at radius 1 is 1.14 bits per heavy atom. The maximum Gasteiger partial charge on any atom is 0.416 e. The van der Waals surface area contributed by atoms with E-state index < -0.39 is 17.3 Å². The number of rotatable bonds is 2. The largest absolute Gasteiger partial charge is 0.416 e. The first-order valence-corrected chi connectivity index (χ1v) is 9.51. The standard InChI is InChI=1S/C21H18ClF3N2O2/c22-15-4-5-16-17(12-26-18(16)11-15)19(28)27-8-6-20(29,7-9-27)13-2-1-3-14(10-13)21(23,24)25/h1-5,10-12,26,29H,6-9H2. The van der Waals surface area contributed by atoms with Crippen molar-refractivity contribution >= 4 is 28.4 Å². The second-order valence-electron chi connectivity index (χ2n) is 7.29. The van der Waals surface area contributed by atoms with Gasteiger partial charge in [-0.25, -0.2) is 0 Å². The van der Waals surface area contributed by atoms with Crippen molar-refractivity contribution in [2.24, 2.45) is 0 Å². The van der Waals surface area contributed by atoms with Gasteiger partial charge in [-0.15, -0.1) is 0 Å². The number of piperidine rings is 1. The number of nitrogens with zero attached hydrogens (tertiary/aromatic N) is 1. The van der Waals surface area contributed by atoms with E-state index in [0.29, 0.717) is 10.6 Å². The first-order chi connectivity index (χ1) is 13.7. The minimum Gasteiger partial charge on any atom is -0.385 e. The Bertz CT molecular complexity index is 1070. The van der Waals surface area contributed by atoms with Crippen molar-refractivity contribution < 1.29 is 23.1 Å². The lowest BCUT2D eigenvalue weighted by Gasteiger charge is -2.38. The Morgan fingerprint density at radius 3 is 2.55 bits per heavy atom. The molecule has 4 rings (SSSR count). The minimum absolute atomic E-state index is 0.161. The molecule has 4 nitrogen and oxygen atoms in total. The number of hydrogen-bond donors (Lipinski definition) is 2. The summed E-state index contributed by atoms with van der Waals surface area (Å²) in [4.78, 5) is 17.6. The summed E-state index contributed by atoms with van der Waals surface area (Å²) >= 11 is 5.97. The Kier molecular flexibility index (Phi) is 4.83. The van der Waals surface area contributed by atoms with E-state index in [1.807, 2.05) is 0 Å². The molecule has 152 valence electrons. The van der Waals surface area contributed by atoms with Crippen molar-refractivity contribution in [3.8, 4) is 0 Å². The van der Waals surface area contributed by atoms with E-state index in [0.717, 1.165) is 23.0 Å². The van der Waals surface area contributed by atoms with Crippen molar-refractivity contribution in [1.82, 2.24) is 9.88 Å². The number of alkyl halides is 3. The number of H-pyrrole nitrogens is 1. The zero-order valence-electron chi connectivity index (χ0n) is 15.3. The second kappa shape index (κ2) is 7.07. The van der Waals surface area contributed by atoms with Gasteiger partial charge in [0.15, 0.2) is 0 Å². The van der Waals surface area contributed by atoms with Crippen LogP contribution in [0.15, 0.2) is 48.7 Å². The average Bonchev–Trinajstić information content (AvgIpc) is 3.10. The van der Waals surface area contributed by atoms with Gasteiger partial charge in [0.25, 0.3) is 5.91 Å². The molecule has 0 unspecified atom stereocenters. The van der Waals surface area contributed by atoms with E-state index >= 15 is 0 Å². The molecule has 0 bridgehead atoms. The number of carbonyl (C=O) groups is 1. The molecule has 8 heteroatoms.